The molecular formula is C11H20N2O2. The molecule has 2 aliphatic heterocycles. The second-order valence-corrected chi connectivity index (χ2v) is 5.13. The molecule has 86 valence electrons. The normalized spacial score (nSPS) is 30.9. The van der Waals surface area contributed by atoms with Crippen molar-refractivity contribution in [3.05, 3.63) is 0 Å². The van der Waals surface area contributed by atoms with E-state index >= 15 is 0 Å². The highest BCUT2D eigenvalue weighted by molar-refractivity contribution is 5.77. The topological polar surface area (TPSA) is 41.6 Å². The first kappa shape index (κ1) is 10.9. The van der Waals surface area contributed by atoms with Crippen LogP contribution < -0.4 is 5.32 Å². The summed E-state index contributed by atoms with van der Waals surface area (Å²) in [6.07, 6.45) is 4.15. The average Bonchev–Trinajstić information content (AvgIpc) is 2.41. The Balaban J connectivity index is 1.86. The summed E-state index contributed by atoms with van der Waals surface area (Å²) in [7, 11) is 0. The lowest BCUT2D eigenvalue weighted by Gasteiger charge is -2.28. The summed E-state index contributed by atoms with van der Waals surface area (Å²) in [6.45, 7) is 5.68. The molecule has 2 fully saturated rings. The summed E-state index contributed by atoms with van der Waals surface area (Å²) in [4.78, 5) is 17.2. The molecule has 4 nitrogen and oxygen atoms in total. The molecule has 4 heteroatoms. The Hall–Kier alpha value is -0.610. The van der Waals surface area contributed by atoms with Gasteiger partial charge in [0.2, 0.25) is 5.91 Å². The number of rotatable bonds is 2. The van der Waals surface area contributed by atoms with Crippen LogP contribution in [0.4, 0.5) is 0 Å². The number of hydroxylamine groups is 2. The number of carbonyl (C=O) groups is 1. The minimum absolute atomic E-state index is 0.118. The first-order valence-electron chi connectivity index (χ1n) is 5.80. The van der Waals surface area contributed by atoms with E-state index < -0.39 is 0 Å². The molecule has 0 bridgehead atoms. The van der Waals surface area contributed by atoms with Gasteiger partial charge in [0.05, 0.1) is 18.6 Å². The Bertz CT molecular complexity index is 247. The molecule has 0 aromatic heterocycles. The van der Waals surface area contributed by atoms with E-state index in [4.69, 9.17) is 4.84 Å². The number of hydrogen-bond donors (Lipinski definition) is 1. The van der Waals surface area contributed by atoms with Crippen LogP contribution >= 0.6 is 0 Å². The monoisotopic (exact) mass is 212 g/mol. The Morgan fingerprint density at radius 1 is 1.53 bits per heavy atom. The standard InChI is InChI=1S/C11H20N2O2/c1-11(2)7-10(14)13(15-11)8-9-5-3-4-6-12-9/h9,12H,3-8H2,1-2H3. The molecule has 0 aromatic carbocycles. The maximum atomic E-state index is 11.6. The number of hydrogen-bond acceptors (Lipinski definition) is 3. The van der Waals surface area contributed by atoms with Crippen LogP contribution in [0.5, 0.6) is 0 Å². The van der Waals surface area contributed by atoms with Gasteiger partial charge in [-0.15, -0.1) is 0 Å². The fourth-order valence-electron chi connectivity index (χ4n) is 2.25. The van der Waals surface area contributed by atoms with Crippen molar-refractivity contribution in [2.24, 2.45) is 0 Å². The van der Waals surface area contributed by atoms with E-state index in [0.29, 0.717) is 19.0 Å². The van der Waals surface area contributed by atoms with Crippen LogP contribution in [0.2, 0.25) is 0 Å². The van der Waals surface area contributed by atoms with Crippen LogP contribution in [0, 0.1) is 0 Å². The highest BCUT2D eigenvalue weighted by atomic mass is 16.7. The number of piperidine rings is 1. The van der Waals surface area contributed by atoms with Gasteiger partial charge < -0.3 is 5.32 Å². The van der Waals surface area contributed by atoms with Crippen LogP contribution in [0.15, 0.2) is 0 Å². The highest BCUT2D eigenvalue weighted by Crippen LogP contribution is 2.26. The van der Waals surface area contributed by atoms with Gasteiger partial charge in [0, 0.05) is 6.04 Å². The van der Waals surface area contributed by atoms with E-state index in [1.54, 1.807) is 5.06 Å². The van der Waals surface area contributed by atoms with Crippen molar-refractivity contribution < 1.29 is 9.63 Å². The Morgan fingerprint density at radius 2 is 2.33 bits per heavy atom. The molecule has 1 N–H and O–H groups in total. The number of carbonyl (C=O) groups excluding carboxylic acids is 1. The molecule has 0 spiro atoms. The van der Waals surface area contributed by atoms with Gasteiger partial charge in [-0.1, -0.05) is 6.42 Å². The molecule has 2 saturated heterocycles. The van der Waals surface area contributed by atoms with Crippen molar-refractivity contribution in [2.75, 3.05) is 13.1 Å². The molecular weight excluding hydrogens is 192 g/mol. The SMILES string of the molecule is CC1(C)CC(=O)N(CC2CCCCN2)O1. The summed E-state index contributed by atoms with van der Waals surface area (Å²) >= 11 is 0. The van der Waals surface area contributed by atoms with Gasteiger partial charge in [0.1, 0.15) is 0 Å². The third-order valence-electron chi connectivity index (χ3n) is 3.01. The lowest BCUT2D eigenvalue weighted by Crippen LogP contribution is -2.44. The summed E-state index contributed by atoms with van der Waals surface area (Å²) < 4.78 is 0. The molecule has 0 saturated carbocycles. The molecule has 2 heterocycles. The van der Waals surface area contributed by atoms with Gasteiger partial charge >= 0.3 is 0 Å². The van der Waals surface area contributed by atoms with Crippen LogP contribution in [0.3, 0.4) is 0 Å². The minimum Gasteiger partial charge on any atom is -0.312 e. The zero-order chi connectivity index (χ0) is 10.9. The first-order chi connectivity index (χ1) is 7.07. The summed E-state index contributed by atoms with van der Waals surface area (Å²) in [5.74, 6) is 0.118. The zero-order valence-electron chi connectivity index (χ0n) is 9.58. The highest BCUT2D eigenvalue weighted by Gasteiger charge is 2.38. The molecule has 2 rings (SSSR count). The molecule has 0 radical (unpaired) electrons. The van der Waals surface area contributed by atoms with Crippen LogP contribution in [0.1, 0.15) is 39.5 Å². The van der Waals surface area contributed by atoms with Crippen molar-refractivity contribution >= 4 is 5.91 Å². The first-order valence-corrected chi connectivity index (χ1v) is 5.80. The maximum Gasteiger partial charge on any atom is 0.249 e. The van der Waals surface area contributed by atoms with Crippen LogP contribution in [-0.2, 0) is 9.63 Å². The van der Waals surface area contributed by atoms with E-state index in [1.807, 2.05) is 13.8 Å². The third kappa shape index (κ3) is 2.69. The quantitative estimate of drug-likeness (QED) is 0.744. The molecule has 1 unspecified atom stereocenters. The summed E-state index contributed by atoms with van der Waals surface area (Å²) in [6, 6.07) is 0.414. The zero-order valence-corrected chi connectivity index (χ0v) is 9.58. The lowest BCUT2D eigenvalue weighted by atomic mass is 10.0. The van der Waals surface area contributed by atoms with Gasteiger partial charge in [0.25, 0.3) is 0 Å². The Kier molecular flexibility index (Phi) is 2.98. The predicted molar refractivity (Wildman–Crippen MR) is 57.1 cm³/mol. The largest absolute Gasteiger partial charge is 0.312 e. The second-order valence-electron chi connectivity index (χ2n) is 5.13. The van der Waals surface area contributed by atoms with Crippen molar-refractivity contribution in [1.82, 2.24) is 10.4 Å². The van der Waals surface area contributed by atoms with Gasteiger partial charge in [-0.25, -0.2) is 5.06 Å². The van der Waals surface area contributed by atoms with Gasteiger partial charge in [-0.2, -0.15) is 0 Å². The molecule has 15 heavy (non-hydrogen) atoms. The van der Waals surface area contributed by atoms with E-state index in [0.717, 1.165) is 13.0 Å². The number of nitrogens with one attached hydrogen (secondary N) is 1. The van der Waals surface area contributed by atoms with Gasteiger partial charge in [-0.05, 0) is 33.2 Å². The Morgan fingerprint density at radius 3 is 2.87 bits per heavy atom. The van der Waals surface area contributed by atoms with E-state index in [1.165, 1.54) is 12.8 Å². The molecule has 2 aliphatic rings. The van der Waals surface area contributed by atoms with E-state index in [2.05, 4.69) is 5.32 Å². The maximum absolute atomic E-state index is 11.6. The molecule has 0 aromatic rings. The lowest BCUT2D eigenvalue weighted by molar-refractivity contribution is -0.193. The summed E-state index contributed by atoms with van der Waals surface area (Å²) in [5.41, 5.74) is -0.314. The average molecular weight is 212 g/mol. The second kappa shape index (κ2) is 4.10. The van der Waals surface area contributed by atoms with E-state index in [9.17, 15) is 4.79 Å². The van der Waals surface area contributed by atoms with Crippen molar-refractivity contribution in [3.8, 4) is 0 Å². The Labute approximate surface area is 90.9 Å². The van der Waals surface area contributed by atoms with Crippen molar-refractivity contribution in [2.45, 2.75) is 51.2 Å². The number of nitrogens with zero attached hydrogens (tertiary/aromatic N) is 1. The fourth-order valence-corrected chi connectivity index (χ4v) is 2.25. The molecule has 1 amide bonds. The van der Waals surface area contributed by atoms with E-state index in [-0.39, 0.29) is 11.5 Å². The molecule has 1 atom stereocenters. The van der Waals surface area contributed by atoms with Crippen LogP contribution in [-0.4, -0.2) is 35.7 Å². The smallest absolute Gasteiger partial charge is 0.249 e. The molecule has 0 aliphatic carbocycles. The van der Waals surface area contributed by atoms with Crippen molar-refractivity contribution in [3.63, 3.8) is 0 Å². The number of amides is 1. The minimum atomic E-state index is -0.314. The third-order valence-corrected chi connectivity index (χ3v) is 3.01. The summed E-state index contributed by atoms with van der Waals surface area (Å²) in [5, 5.41) is 4.96. The van der Waals surface area contributed by atoms with Gasteiger partial charge in [-0.3, -0.25) is 9.63 Å². The predicted octanol–water partition coefficient (Wildman–Crippen LogP) is 1.07. The fraction of sp³-hybridized carbons (Fsp3) is 0.909. The van der Waals surface area contributed by atoms with Gasteiger partial charge in [0.15, 0.2) is 0 Å². The van der Waals surface area contributed by atoms with Crippen molar-refractivity contribution in [1.29, 1.82) is 0 Å². The van der Waals surface area contributed by atoms with Crippen LogP contribution in [0.25, 0.3) is 0 Å².